The SMILES string of the molecule is C=C/C=C(\C=C)C(CC(=O)O)C(C)(C)C. The zero-order chi connectivity index (χ0) is 12.1. The molecule has 0 aromatic rings. The molecule has 84 valence electrons. The standard InChI is InChI=1S/C13H20O2/c1-6-8-10(7-2)11(9-12(14)15)13(3,4)5/h6-8,11H,1-2,9H2,3-5H3,(H,14,15)/b10-8+. The van der Waals surface area contributed by atoms with Crippen molar-refractivity contribution in [3.8, 4) is 0 Å². The van der Waals surface area contributed by atoms with Gasteiger partial charge in [0.2, 0.25) is 0 Å². The van der Waals surface area contributed by atoms with Crippen LogP contribution in [0.15, 0.2) is 37.0 Å². The largest absolute Gasteiger partial charge is 0.481 e. The van der Waals surface area contributed by atoms with E-state index in [4.69, 9.17) is 5.11 Å². The third kappa shape index (κ3) is 4.63. The summed E-state index contributed by atoms with van der Waals surface area (Å²) in [6.45, 7) is 13.4. The van der Waals surface area contributed by atoms with Crippen LogP contribution in [0.2, 0.25) is 0 Å². The van der Waals surface area contributed by atoms with Crippen LogP contribution in [-0.4, -0.2) is 11.1 Å². The maximum absolute atomic E-state index is 10.8. The van der Waals surface area contributed by atoms with E-state index in [1.165, 1.54) is 0 Å². The Bertz CT molecular complexity index is 279. The normalized spacial score (nSPS) is 14.5. The molecule has 0 amide bonds. The summed E-state index contributed by atoms with van der Waals surface area (Å²) in [7, 11) is 0. The van der Waals surface area contributed by atoms with Crippen molar-refractivity contribution >= 4 is 5.97 Å². The number of hydrogen-bond donors (Lipinski definition) is 1. The molecule has 0 spiro atoms. The monoisotopic (exact) mass is 208 g/mol. The molecular formula is C13H20O2. The highest BCUT2D eigenvalue weighted by molar-refractivity contribution is 5.68. The predicted molar refractivity (Wildman–Crippen MR) is 63.7 cm³/mol. The molecule has 0 bridgehead atoms. The summed E-state index contributed by atoms with van der Waals surface area (Å²) < 4.78 is 0. The molecular weight excluding hydrogens is 188 g/mol. The van der Waals surface area contributed by atoms with Crippen molar-refractivity contribution in [1.82, 2.24) is 0 Å². The quantitative estimate of drug-likeness (QED) is 0.703. The van der Waals surface area contributed by atoms with Crippen LogP contribution in [0.1, 0.15) is 27.2 Å². The van der Waals surface area contributed by atoms with Crippen molar-refractivity contribution in [3.63, 3.8) is 0 Å². The molecule has 0 aliphatic heterocycles. The van der Waals surface area contributed by atoms with E-state index < -0.39 is 5.97 Å². The summed E-state index contributed by atoms with van der Waals surface area (Å²) in [6.07, 6.45) is 5.32. The first kappa shape index (κ1) is 13.7. The highest BCUT2D eigenvalue weighted by Gasteiger charge is 2.28. The summed E-state index contributed by atoms with van der Waals surface area (Å²) in [5.74, 6) is -0.822. The molecule has 1 N–H and O–H groups in total. The van der Waals surface area contributed by atoms with Crippen molar-refractivity contribution in [2.75, 3.05) is 0 Å². The number of carboxylic acid groups (broad SMARTS) is 1. The van der Waals surface area contributed by atoms with E-state index in [2.05, 4.69) is 13.2 Å². The van der Waals surface area contributed by atoms with Crippen LogP contribution in [-0.2, 0) is 4.79 Å². The maximum Gasteiger partial charge on any atom is 0.303 e. The Morgan fingerprint density at radius 3 is 2.20 bits per heavy atom. The van der Waals surface area contributed by atoms with Crippen molar-refractivity contribution in [2.45, 2.75) is 27.2 Å². The highest BCUT2D eigenvalue weighted by atomic mass is 16.4. The van der Waals surface area contributed by atoms with Crippen LogP contribution in [0.3, 0.4) is 0 Å². The highest BCUT2D eigenvalue weighted by Crippen LogP contribution is 2.35. The first-order valence-corrected chi connectivity index (χ1v) is 4.99. The number of hydrogen-bond acceptors (Lipinski definition) is 1. The third-order valence-electron chi connectivity index (χ3n) is 2.37. The number of rotatable bonds is 5. The minimum absolute atomic E-state index is 0.0366. The molecule has 0 rings (SSSR count). The summed E-state index contributed by atoms with van der Waals surface area (Å²) in [5.41, 5.74) is 0.835. The molecule has 1 unspecified atom stereocenters. The first-order chi connectivity index (χ1) is 6.82. The topological polar surface area (TPSA) is 37.3 Å². The molecule has 2 nitrogen and oxygen atoms in total. The number of aliphatic carboxylic acids is 1. The summed E-state index contributed by atoms with van der Waals surface area (Å²) >= 11 is 0. The Morgan fingerprint density at radius 2 is 1.93 bits per heavy atom. The number of carboxylic acids is 1. The molecule has 0 aliphatic rings. The van der Waals surface area contributed by atoms with Gasteiger partial charge in [0.1, 0.15) is 0 Å². The van der Waals surface area contributed by atoms with E-state index in [0.717, 1.165) is 5.57 Å². The average Bonchev–Trinajstić information content (AvgIpc) is 2.09. The molecule has 2 heteroatoms. The first-order valence-electron chi connectivity index (χ1n) is 4.99. The van der Waals surface area contributed by atoms with Crippen molar-refractivity contribution in [1.29, 1.82) is 0 Å². The van der Waals surface area contributed by atoms with Gasteiger partial charge in [-0.1, -0.05) is 52.2 Å². The van der Waals surface area contributed by atoms with Crippen LogP contribution < -0.4 is 0 Å². The molecule has 1 atom stereocenters. The lowest BCUT2D eigenvalue weighted by molar-refractivity contribution is -0.138. The minimum atomic E-state index is -0.785. The number of carbonyl (C=O) groups is 1. The lowest BCUT2D eigenvalue weighted by Gasteiger charge is -2.30. The van der Waals surface area contributed by atoms with Crippen LogP contribution in [0.4, 0.5) is 0 Å². The predicted octanol–water partition coefficient (Wildman–Crippen LogP) is 3.42. The molecule has 0 aromatic heterocycles. The van der Waals surface area contributed by atoms with Crippen molar-refractivity contribution < 1.29 is 9.90 Å². The van der Waals surface area contributed by atoms with Crippen LogP contribution in [0.5, 0.6) is 0 Å². The van der Waals surface area contributed by atoms with Gasteiger partial charge in [-0.25, -0.2) is 0 Å². The minimum Gasteiger partial charge on any atom is -0.481 e. The lowest BCUT2D eigenvalue weighted by Crippen LogP contribution is -2.24. The van der Waals surface area contributed by atoms with Crippen LogP contribution in [0.25, 0.3) is 0 Å². The van der Waals surface area contributed by atoms with Crippen molar-refractivity contribution in [2.24, 2.45) is 11.3 Å². The van der Waals surface area contributed by atoms with Gasteiger partial charge in [0.05, 0.1) is 6.42 Å². The Labute approximate surface area is 92.0 Å². The smallest absolute Gasteiger partial charge is 0.303 e. The van der Waals surface area contributed by atoms with E-state index in [9.17, 15) is 4.79 Å². The summed E-state index contributed by atoms with van der Waals surface area (Å²) in [5, 5.41) is 8.87. The van der Waals surface area contributed by atoms with E-state index in [-0.39, 0.29) is 17.8 Å². The molecule has 0 aliphatic carbocycles. The molecule has 0 saturated heterocycles. The molecule has 0 radical (unpaired) electrons. The Hall–Kier alpha value is -1.31. The molecule has 15 heavy (non-hydrogen) atoms. The second-order valence-electron chi connectivity index (χ2n) is 4.62. The zero-order valence-electron chi connectivity index (χ0n) is 9.79. The second-order valence-corrected chi connectivity index (χ2v) is 4.62. The van der Waals surface area contributed by atoms with E-state index in [0.29, 0.717) is 0 Å². The Kier molecular flexibility index (Phi) is 5.06. The van der Waals surface area contributed by atoms with Gasteiger partial charge in [0.15, 0.2) is 0 Å². The Balaban J connectivity index is 5.07. The molecule has 0 aromatic carbocycles. The maximum atomic E-state index is 10.8. The fourth-order valence-electron chi connectivity index (χ4n) is 1.56. The lowest BCUT2D eigenvalue weighted by atomic mass is 9.74. The third-order valence-corrected chi connectivity index (χ3v) is 2.37. The Morgan fingerprint density at radius 1 is 1.40 bits per heavy atom. The zero-order valence-corrected chi connectivity index (χ0v) is 9.79. The molecule has 0 heterocycles. The van der Waals surface area contributed by atoms with Gasteiger partial charge in [0.25, 0.3) is 0 Å². The van der Waals surface area contributed by atoms with Gasteiger partial charge in [-0.15, -0.1) is 0 Å². The van der Waals surface area contributed by atoms with Gasteiger partial charge in [-0.2, -0.15) is 0 Å². The van der Waals surface area contributed by atoms with Gasteiger partial charge < -0.3 is 5.11 Å². The average molecular weight is 208 g/mol. The molecule has 0 saturated carbocycles. The fraction of sp³-hybridized carbons (Fsp3) is 0.462. The van der Waals surface area contributed by atoms with Crippen LogP contribution >= 0.6 is 0 Å². The second kappa shape index (κ2) is 5.54. The van der Waals surface area contributed by atoms with Gasteiger partial charge in [-0.05, 0) is 16.9 Å². The van der Waals surface area contributed by atoms with Gasteiger partial charge >= 0.3 is 5.97 Å². The summed E-state index contributed by atoms with van der Waals surface area (Å²) in [4.78, 5) is 10.8. The van der Waals surface area contributed by atoms with Crippen molar-refractivity contribution in [3.05, 3.63) is 37.0 Å². The molecule has 0 fully saturated rings. The fourth-order valence-corrected chi connectivity index (χ4v) is 1.56. The van der Waals surface area contributed by atoms with E-state index in [1.54, 1.807) is 12.2 Å². The van der Waals surface area contributed by atoms with E-state index >= 15 is 0 Å². The number of allylic oxidation sites excluding steroid dienone is 4. The van der Waals surface area contributed by atoms with Gasteiger partial charge in [0, 0.05) is 0 Å². The summed E-state index contributed by atoms with van der Waals surface area (Å²) in [6, 6.07) is 0. The van der Waals surface area contributed by atoms with Gasteiger partial charge in [-0.3, -0.25) is 4.79 Å². The van der Waals surface area contributed by atoms with E-state index in [1.807, 2.05) is 26.8 Å². The van der Waals surface area contributed by atoms with Crippen LogP contribution in [0, 0.1) is 11.3 Å².